The Kier molecular flexibility index (Phi) is 1.55. The normalized spacial score (nSPS) is 41.3. The molecule has 1 fully saturated rings. The second-order valence-electron chi connectivity index (χ2n) is 3.93. The van der Waals surface area contributed by atoms with Crippen LogP contribution in [0.2, 0.25) is 0 Å². The largest absolute Gasteiger partial charge is 0.119 e. The van der Waals surface area contributed by atoms with E-state index in [1.54, 1.807) is 0 Å². The van der Waals surface area contributed by atoms with Crippen molar-refractivity contribution in [1.82, 2.24) is 0 Å². The van der Waals surface area contributed by atoms with Crippen LogP contribution in [-0.2, 0) is 0 Å². The molecule has 0 saturated heterocycles. The van der Waals surface area contributed by atoms with E-state index in [1.165, 1.54) is 19.3 Å². The SMILES string of the molecule is CC1(C)CCCC1(C)Cl. The van der Waals surface area contributed by atoms with Crippen molar-refractivity contribution in [2.45, 2.75) is 44.9 Å². The molecule has 0 aromatic heterocycles. The average molecular weight is 147 g/mol. The van der Waals surface area contributed by atoms with Crippen LogP contribution in [0, 0.1) is 5.41 Å². The molecule has 1 unspecified atom stereocenters. The zero-order valence-corrected chi connectivity index (χ0v) is 7.26. The van der Waals surface area contributed by atoms with Crippen LogP contribution in [0.3, 0.4) is 0 Å². The first kappa shape index (κ1) is 7.40. The van der Waals surface area contributed by atoms with Crippen LogP contribution in [0.15, 0.2) is 0 Å². The fraction of sp³-hybridized carbons (Fsp3) is 1.00. The van der Waals surface area contributed by atoms with Crippen molar-refractivity contribution in [3.8, 4) is 0 Å². The Hall–Kier alpha value is 0.290. The number of rotatable bonds is 0. The maximum atomic E-state index is 6.26. The number of hydrogen-bond acceptors (Lipinski definition) is 0. The lowest BCUT2D eigenvalue weighted by molar-refractivity contribution is 0.308. The van der Waals surface area contributed by atoms with Crippen molar-refractivity contribution in [2.24, 2.45) is 5.41 Å². The molecule has 0 spiro atoms. The minimum Gasteiger partial charge on any atom is -0.119 e. The molecule has 1 aliphatic carbocycles. The highest BCUT2D eigenvalue weighted by atomic mass is 35.5. The predicted molar refractivity (Wildman–Crippen MR) is 41.9 cm³/mol. The van der Waals surface area contributed by atoms with Gasteiger partial charge in [0.2, 0.25) is 0 Å². The second-order valence-corrected chi connectivity index (χ2v) is 4.77. The molecule has 0 heterocycles. The molecular weight excluding hydrogens is 132 g/mol. The Morgan fingerprint density at radius 3 is 1.78 bits per heavy atom. The Morgan fingerprint density at radius 2 is 1.67 bits per heavy atom. The predicted octanol–water partition coefficient (Wildman–Crippen LogP) is 3.19. The lowest BCUT2D eigenvalue weighted by Crippen LogP contribution is -2.30. The van der Waals surface area contributed by atoms with Crippen LogP contribution >= 0.6 is 11.6 Å². The molecule has 0 amide bonds. The molecule has 1 heteroatoms. The first-order chi connectivity index (χ1) is 3.96. The van der Waals surface area contributed by atoms with Crippen LogP contribution < -0.4 is 0 Å². The van der Waals surface area contributed by atoms with E-state index in [0.29, 0.717) is 5.41 Å². The summed E-state index contributed by atoms with van der Waals surface area (Å²) >= 11 is 6.26. The highest BCUT2D eigenvalue weighted by Gasteiger charge is 2.43. The molecule has 1 rings (SSSR count). The van der Waals surface area contributed by atoms with Gasteiger partial charge in [0.25, 0.3) is 0 Å². The molecule has 9 heavy (non-hydrogen) atoms. The Morgan fingerprint density at radius 1 is 1.11 bits per heavy atom. The van der Waals surface area contributed by atoms with Crippen LogP contribution in [0.25, 0.3) is 0 Å². The van der Waals surface area contributed by atoms with Crippen molar-refractivity contribution >= 4 is 11.6 Å². The molecule has 0 aromatic carbocycles. The van der Waals surface area contributed by atoms with E-state index in [0.717, 1.165) is 0 Å². The molecule has 0 aromatic rings. The molecule has 0 radical (unpaired) electrons. The molecule has 1 atom stereocenters. The summed E-state index contributed by atoms with van der Waals surface area (Å²) in [5.74, 6) is 0. The first-order valence-corrected chi connectivity index (χ1v) is 4.02. The molecule has 0 N–H and O–H groups in total. The van der Waals surface area contributed by atoms with Gasteiger partial charge >= 0.3 is 0 Å². The standard InChI is InChI=1S/C8H15Cl/c1-7(2)5-4-6-8(7,3)9/h4-6H2,1-3H3. The lowest BCUT2D eigenvalue weighted by Gasteiger charge is -2.31. The van der Waals surface area contributed by atoms with Crippen molar-refractivity contribution in [2.75, 3.05) is 0 Å². The third-order valence-electron chi connectivity index (χ3n) is 2.86. The van der Waals surface area contributed by atoms with Crippen LogP contribution in [-0.4, -0.2) is 4.87 Å². The summed E-state index contributed by atoms with van der Waals surface area (Å²) in [4.78, 5) is 0.0625. The minimum atomic E-state index is 0.0625. The van der Waals surface area contributed by atoms with E-state index in [1.807, 2.05) is 0 Å². The van der Waals surface area contributed by atoms with Gasteiger partial charge in [0.05, 0.1) is 0 Å². The Labute approximate surface area is 62.6 Å². The maximum Gasteiger partial charge on any atom is 0.0469 e. The van der Waals surface area contributed by atoms with Gasteiger partial charge < -0.3 is 0 Å². The van der Waals surface area contributed by atoms with Gasteiger partial charge in [-0.05, 0) is 25.2 Å². The van der Waals surface area contributed by atoms with Gasteiger partial charge in [0.15, 0.2) is 0 Å². The van der Waals surface area contributed by atoms with E-state index < -0.39 is 0 Å². The number of alkyl halides is 1. The molecule has 0 bridgehead atoms. The quantitative estimate of drug-likeness (QED) is 0.461. The Bertz CT molecular complexity index is 99.7. The topological polar surface area (TPSA) is 0 Å². The third kappa shape index (κ3) is 1.10. The average Bonchev–Trinajstić information content (AvgIpc) is 1.81. The Balaban J connectivity index is 2.75. The van der Waals surface area contributed by atoms with E-state index >= 15 is 0 Å². The fourth-order valence-corrected chi connectivity index (χ4v) is 1.69. The van der Waals surface area contributed by atoms with Crippen molar-refractivity contribution in [3.63, 3.8) is 0 Å². The molecular formula is C8H15Cl. The summed E-state index contributed by atoms with van der Waals surface area (Å²) in [7, 11) is 0. The third-order valence-corrected chi connectivity index (χ3v) is 3.56. The van der Waals surface area contributed by atoms with Crippen LogP contribution in [0.4, 0.5) is 0 Å². The van der Waals surface area contributed by atoms with Crippen molar-refractivity contribution < 1.29 is 0 Å². The van der Waals surface area contributed by atoms with E-state index in [4.69, 9.17) is 11.6 Å². The van der Waals surface area contributed by atoms with Crippen LogP contribution in [0.5, 0.6) is 0 Å². The molecule has 0 aliphatic heterocycles. The monoisotopic (exact) mass is 146 g/mol. The second kappa shape index (κ2) is 1.88. The van der Waals surface area contributed by atoms with Gasteiger partial charge in [-0.2, -0.15) is 0 Å². The molecule has 1 aliphatic rings. The van der Waals surface area contributed by atoms with Gasteiger partial charge in [0.1, 0.15) is 0 Å². The summed E-state index contributed by atoms with van der Waals surface area (Å²) in [6, 6.07) is 0. The zero-order chi connectivity index (χ0) is 7.12. The number of hydrogen-bond donors (Lipinski definition) is 0. The first-order valence-electron chi connectivity index (χ1n) is 3.65. The summed E-state index contributed by atoms with van der Waals surface area (Å²) in [6.07, 6.45) is 3.77. The van der Waals surface area contributed by atoms with E-state index in [9.17, 15) is 0 Å². The summed E-state index contributed by atoms with van der Waals surface area (Å²) in [5, 5.41) is 0. The number of halogens is 1. The minimum absolute atomic E-state index is 0.0625. The van der Waals surface area contributed by atoms with Gasteiger partial charge in [0, 0.05) is 4.87 Å². The lowest BCUT2D eigenvalue weighted by atomic mass is 9.82. The van der Waals surface area contributed by atoms with Crippen LogP contribution in [0.1, 0.15) is 40.0 Å². The smallest absolute Gasteiger partial charge is 0.0469 e. The van der Waals surface area contributed by atoms with E-state index in [-0.39, 0.29) is 4.87 Å². The van der Waals surface area contributed by atoms with Gasteiger partial charge in [-0.15, -0.1) is 11.6 Å². The summed E-state index contributed by atoms with van der Waals surface area (Å²) < 4.78 is 0. The van der Waals surface area contributed by atoms with Gasteiger partial charge in [-0.1, -0.05) is 20.3 Å². The van der Waals surface area contributed by atoms with E-state index in [2.05, 4.69) is 20.8 Å². The van der Waals surface area contributed by atoms with Crippen molar-refractivity contribution in [1.29, 1.82) is 0 Å². The zero-order valence-electron chi connectivity index (χ0n) is 6.50. The molecule has 1 saturated carbocycles. The summed E-state index contributed by atoms with van der Waals surface area (Å²) in [5.41, 5.74) is 0.356. The highest BCUT2D eigenvalue weighted by molar-refractivity contribution is 6.24. The summed E-state index contributed by atoms with van der Waals surface area (Å²) in [6.45, 7) is 6.67. The van der Waals surface area contributed by atoms with Gasteiger partial charge in [-0.25, -0.2) is 0 Å². The highest BCUT2D eigenvalue weighted by Crippen LogP contribution is 2.49. The molecule has 54 valence electrons. The molecule has 0 nitrogen and oxygen atoms in total. The van der Waals surface area contributed by atoms with Gasteiger partial charge in [-0.3, -0.25) is 0 Å². The fourth-order valence-electron chi connectivity index (χ4n) is 1.46. The van der Waals surface area contributed by atoms with Crippen molar-refractivity contribution in [3.05, 3.63) is 0 Å². The maximum absolute atomic E-state index is 6.26.